The van der Waals surface area contributed by atoms with Crippen LogP contribution in [-0.4, -0.2) is 9.97 Å². The molecule has 70 valence electrons. The minimum absolute atomic E-state index is 0.752. The fourth-order valence-corrected chi connectivity index (χ4v) is 2.39. The van der Waals surface area contributed by atoms with Gasteiger partial charge in [0.2, 0.25) is 0 Å². The molecule has 0 radical (unpaired) electrons. The smallest absolute Gasteiger partial charge is 0.123 e. The molecule has 0 N–H and O–H groups in total. The first-order valence-corrected chi connectivity index (χ1v) is 5.67. The van der Waals surface area contributed by atoms with Gasteiger partial charge in [0.15, 0.2) is 0 Å². The van der Waals surface area contributed by atoms with Crippen LogP contribution in [0, 0.1) is 0 Å². The second kappa shape index (κ2) is 3.17. The first-order chi connectivity index (χ1) is 6.93. The van der Waals surface area contributed by atoms with E-state index in [9.17, 15) is 0 Å². The summed E-state index contributed by atoms with van der Waals surface area (Å²) in [6, 6.07) is 4.02. The van der Waals surface area contributed by atoms with Gasteiger partial charge in [0.25, 0.3) is 0 Å². The summed E-state index contributed by atoms with van der Waals surface area (Å²) >= 11 is 1.73. The number of thiazole rings is 1. The first kappa shape index (κ1) is 8.12. The maximum absolute atomic E-state index is 4.63. The molecule has 1 aliphatic carbocycles. The molecule has 3 rings (SSSR count). The zero-order chi connectivity index (χ0) is 9.38. The fourth-order valence-electron chi connectivity index (χ4n) is 1.48. The maximum Gasteiger partial charge on any atom is 0.123 e. The molecule has 1 fully saturated rings. The molecule has 0 saturated heterocycles. The molecular formula is C11H10N2S. The van der Waals surface area contributed by atoms with Crippen molar-refractivity contribution in [2.24, 2.45) is 0 Å². The maximum atomic E-state index is 4.63. The van der Waals surface area contributed by atoms with Crippen LogP contribution in [0.3, 0.4) is 0 Å². The van der Waals surface area contributed by atoms with Crippen LogP contribution in [0.5, 0.6) is 0 Å². The quantitative estimate of drug-likeness (QED) is 0.748. The second-order valence-corrected chi connectivity index (χ2v) is 4.45. The second-order valence-electron chi connectivity index (χ2n) is 3.59. The molecular weight excluding hydrogens is 192 g/mol. The van der Waals surface area contributed by atoms with Gasteiger partial charge in [0.05, 0.1) is 5.69 Å². The van der Waals surface area contributed by atoms with Gasteiger partial charge in [0.1, 0.15) is 5.01 Å². The van der Waals surface area contributed by atoms with Gasteiger partial charge in [-0.05, 0) is 25.0 Å². The van der Waals surface area contributed by atoms with Crippen LogP contribution in [0.1, 0.15) is 24.5 Å². The van der Waals surface area contributed by atoms with E-state index in [0.29, 0.717) is 0 Å². The number of aromatic nitrogens is 2. The summed E-state index contributed by atoms with van der Waals surface area (Å²) in [5.74, 6) is 0.752. The third-order valence-corrected chi connectivity index (χ3v) is 3.35. The predicted octanol–water partition coefficient (Wildman–Crippen LogP) is 3.08. The lowest BCUT2D eigenvalue weighted by Gasteiger charge is -1.93. The Morgan fingerprint density at radius 1 is 1.21 bits per heavy atom. The molecule has 0 unspecified atom stereocenters. The van der Waals surface area contributed by atoms with E-state index in [1.807, 2.05) is 24.5 Å². The van der Waals surface area contributed by atoms with Crippen LogP contribution in [0.2, 0.25) is 0 Å². The summed E-state index contributed by atoms with van der Waals surface area (Å²) in [6.07, 6.45) is 6.26. The summed E-state index contributed by atoms with van der Waals surface area (Å²) in [4.78, 5) is 8.64. The minimum Gasteiger partial charge on any atom is -0.265 e. The van der Waals surface area contributed by atoms with E-state index in [0.717, 1.165) is 10.9 Å². The Hall–Kier alpha value is -1.22. The number of rotatable bonds is 2. The van der Waals surface area contributed by atoms with E-state index in [2.05, 4.69) is 15.3 Å². The zero-order valence-corrected chi connectivity index (χ0v) is 8.50. The Kier molecular flexibility index (Phi) is 1.84. The Balaban J connectivity index is 1.96. The van der Waals surface area contributed by atoms with E-state index in [4.69, 9.17) is 0 Å². The van der Waals surface area contributed by atoms with Crippen molar-refractivity contribution in [2.75, 3.05) is 0 Å². The normalized spacial score (nSPS) is 15.7. The van der Waals surface area contributed by atoms with Crippen molar-refractivity contribution < 1.29 is 0 Å². The van der Waals surface area contributed by atoms with Gasteiger partial charge >= 0.3 is 0 Å². The highest BCUT2D eigenvalue weighted by Gasteiger charge is 2.26. The monoisotopic (exact) mass is 202 g/mol. The van der Waals surface area contributed by atoms with Crippen LogP contribution in [0.25, 0.3) is 10.6 Å². The van der Waals surface area contributed by atoms with E-state index in [1.165, 1.54) is 24.1 Å². The molecule has 2 aromatic rings. The average molecular weight is 202 g/mol. The number of hydrogen-bond donors (Lipinski definition) is 0. The van der Waals surface area contributed by atoms with Gasteiger partial charge in [0, 0.05) is 29.3 Å². The minimum atomic E-state index is 0.752. The lowest BCUT2D eigenvalue weighted by Crippen LogP contribution is -1.80. The van der Waals surface area contributed by atoms with E-state index in [1.54, 1.807) is 11.3 Å². The predicted molar refractivity (Wildman–Crippen MR) is 57.3 cm³/mol. The summed E-state index contributed by atoms with van der Waals surface area (Å²) < 4.78 is 0. The summed E-state index contributed by atoms with van der Waals surface area (Å²) in [7, 11) is 0. The van der Waals surface area contributed by atoms with Crippen molar-refractivity contribution in [3.8, 4) is 10.6 Å². The highest BCUT2D eigenvalue weighted by molar-refractivity contribution is 7.13. The molecule has 0 aliphatic heterocycles. The zero-order valence-electron chi connectivity index (χ0n) is 7.68. The van der Waals surface area contributed by atoms with Crippen LogP contribution < -0.4 is 0 Å². The van der Waals surface area contributed by atoms with Crippen molar-refractivity contribution in [1.29, 1.82) is 0 Å². The van der Waals surface area contributed by atoms with Crippen LogP contribution in [-0.2, 0) is 0 Å². The first-order valence-electron chi connectivity index (χ1n) is 4.79. The lowest BCUT2D eigenvalue weighted by molar-refractivity contribution is 1.05. The highest BCUT2D eigenvalue weighted by Crippen LogP contribution is 2.41. The molecule has 1 saturated carbocycles. The lowest BCUT2D eigenvalue weighted by atomic mass is 10.3. The Morgan fingerprint density at radius 3 is 2.71 bits per heavy atom. The highest BCUT2D eigenvalue weighted by atomic mass is 32.1. The van der Waals surface area contributed by atoms with Gasteiger partial charge in [-0.15, -0.1) is 11.3 Å². The topological polar surface area (TPSA) is 25.8 Å². The molecule has 3 heteroatoms. The van der Waals surface area contributed by atoms with Crippen molar-refractivity contribution in [2.45, 2.75) is 18.8 Å². The molecule has 0 atom stereocenters. The van der Waals surface area contributed by atoms with E-state index >= 15 is 0 Å². The molecule has 1 aliphatic rings. The molecule has 0 amide bonds. The van der Waals surface area contributed by atoms with Crippen molar-refractivity contribution in [3.63, 3.8) is 0 Å². The molecule has 2 aromatic heterocycles. The Labute approximate surface area is 86.7 Å². The summed E-state index contributed by atoms with van der Waals surface area (Å²) in [5.41, 5.74) is 2.46. The van der Waals surface area contributed by atoms with E-state index in [-0.39, 0.29) is 0 Å². The largest absolute Gasteiger partial charge is 0.265 e. The van der Waals surface area contributed by atoms with Crippen LogP contribution in [0.4, 0.5) is 0 Å². The number of pyridine rings is 1. The van der Waals surface area contributed by atoms with Crippen LogP contribution in [0.15, 0.2) is 29.9 Å². The van der Waals surface area contributed by atoms with Gasteiger partial charge in [-0.25, -0.2) is 4.98 Å². The molecule has 0 aromatic carbocycles. The van der Waals surface area contributed by atoms with Gasteiger partial charge in [-0.2, -0.15) is 0 Å². The summed E-state index contributed by atoms with van der Waals surface area (Å²) in [5, 5.41) is 3.31. The Morgan fingerprint density at radius 2 is 2.00 bits per heavy atom. The number of hydrogen-bond acceptors (Lipinski definition) is 3. The SMILES string of the molecule is c1cc(-c2nc(C3CC3)cs2)ccn1. The van der Waals surface area contributed by atoms with Crippen molar-refractivity contribution >= 4 is 11.3 Å². The fraction of sp³-hybridized carbons (Fsp3) is 0.273. The molecule has 2 nitrogen and oxygen atoms in total. The molecule has 0 spiro atoms. The van der Waals surface area contributed by atoms with Crippen molar-refractivity contribution in [3.05, 3.63) is 35.6 Å². The van der Waals surface area contributed by atoms with Gasteiger partial charge < -0.3 is 0 Å². The van der Waals surface area contributed by atoms with E-state index < -0.39 is 0 Å². The molecule has 0 bridgehead atoms. The summed E-state index contributed by atoms with van der Waals surface area (Å²) in [6.45, 7) is 0. The molecule has 14 heavy (non-hydrogen) atoms. The Bertz CT molecular complexity index is 432. The standard InChI is InChI=1S/C11H10N2S/c1-2-8(1)10-7-14-11(13-10)9-3-5-12-6-4-9/h3-8H,1-2H2. The van der Waals surface area contributed by atoms with Gasteiger partial charge in [-0.1, -0.05) is 0 Å². The number of nitrogens with zero attached hydrogens (tertiary/aromatic N) is 2. The van der Waals surface area contributed by atoms with Crippen molar-refractivity contribution in [1.82, 2.24) is 9.97 Å². The third kappa shape index (κ3) is 1.44. The molecule has 2 heterocycles. The van der Waals surface area contributed by atoms with Gasteiger partial charge in [-0.3, -0.25) is 4.98 Å². The van der Waals surface area contributed by atoms with Crippen LogP contribution >= 0.6 is 11.3 Å². The third-order valence-electron chi connectivity index (χ3n) is 2.44. The average Bonchev–Trinajstić information content (AvgIpc) is 2.98.